The van der Waals surface area contributed by atoms with Crippen molar-refractivity contribution in [3.05, 3.63) is 59.7 Å². The SMILES string of the molecule is CC(F)(F)S(=O)(=O)NC1C(Cc2cc(F)cc(-c3ccccc3)c2F)N(C(=O)[C@H]2CCO2)CC12CC2. The first-order chi connectivity index (χ1) is 16.9. The standard InChI is InChI=1S/C25H26F4N2O4S/c1-24(28,29)36(33,34)30-22-19(31(14-25(22)8-9-25)23(32)20-7-10-35-20)12-16-11-17(26)13-18(21(16)27)15-5-3-2-4-6-15/h2-6,11,13,19-20,22,30H,7-10,12,14H2,1H3/t19?,20-,22?/m1/s1. The van der Waals surface area contributed by atoms with Gasteiger partial charge in [0.05, 0.1) is 18.7 Å². The first kappa shape index (κ1) is 25.2. The number of sulfonamides is 1. The van der Waals surface area contributed by atoms with Crippen molar-refractivity contribution in [1.29, 1.82) is 0 Å². The van der Waals surface area contributed by atoms with Crippen LogP contribution in [-0.4, -0.2) is 55.8 Å². The maximum atomic E-state index is 15.7. The van der Waals surface area contributed by atoms with E-state index in [1.165, 1.54) is 4.90 Å². The molecule has 6 nitrogen and oxygen atoms in total. The van der Waals surface area contributed by atoms with Gasteiger partial charge in [0.2, 0.25) is 0 Å². The molecule has 11 heteroatoms. The summed E-state index contributed by atoms with van der Waals surface area (Å²) in [7, 11) is -5.09. The molecule has 0 bridgehead atoms. The molecule has 3 atom stereocenters. The molecule has 1 amide bonds. The number of hydrogen-bond acceptors (Lipinski definition) is 4. The fourth-order valence-corrected chi connectivity index (χ4v) is 6.13. The van der Waals surface area contributed by atoms with Crippen LogP contribution in [0.15, 0.2) is 42.5 Å². The molecule has 0 aromatic heterocycles. The number of nitrogens with zero attached hydrogens (tertiary/aromatic N) is 1. The Morgan fingerprint density at radius 3 is 2.42 bits per heavy atom. The van der Waals surface area contributed by atoms with Crippen LogP contribution < -0.4 is 4.72 Å². The summed E-state index contributed by atoms with van der Waals surface area (Å²) in [6, 6.07) is 8.34. The van der Waals surface area contributed by atoms with Crippen LogP contribution in [0.1, 0.15) is 31.7 Å². The Kier molecular flexibility index (Phi) is 6.16. The minimum Gasteiger partial charge on any atom is -0.368 e. The van der Waals surface area contributed by atoms with E-state index in [-0.39, 0.29) is 31.0 Å². The molecule has 2 aromatic rings. The van der Waals surface area contributed by atoms with Crippen molar-refractivity contribution in [3.63, 3.8) is 0 Å². The Hall–Kier alpha value is -2.50. The van der Waals surface area contributed by atoms with Crippen molar-refractivity contribution in [2.45, 2.75) is 56.0 Å². The van der Waals surface area contributed by atoms with Crippen molar-refractivity contribution < 1.29 is 35.5 Å². The molecule has 1 saturated carbocycles. The van der Waals surface area contributed by atoms with Gasteiger partial charge in [-0.25, -0.2) is 21.9 Å². The van der Waals surface area contributed by atoms with E-state index in [0.717, 1.165) is 12.1 Å². The highest BCUT2D eigenvalue weighted by atomic mass is 32.2. The summed E-state index contributed by atoms with van der Waals surface area (Å²) in [5.41, 5.74) is -0.355. The lowest BCUT2D eigenvalue weighted by molar-refractivity contribution is -0.157. The quantitative estimate of drug-likeness (QED) is 0.557. The van der Waals surface area contributed by atoms with E-state index >= 15 is 4.39 Å². The molecule has 2 aliphatic heterocycles. The lowest BCUT2D eigenvalue weighted by Gasteiger charge is -2.34. The highest BCUT2D eigenvalue weighted by Crippen LogP contribution is 2.56. The number of nitrogens with one attached hydrogen (secondary N) is 1. The van der Waals surface area contributed by atoms with Crippen molar-refractivity contribution in [3.8, 4) is 11.1 Å². The number of likely N-dealkylation sites (tertiary alicyclic amines) is 1. The van der Waals surface area contributed by atoms with Crippen LogP contribution in [0.5, 0.6) is 0 Å². The van der Waals surface area contributed by atoms with Gasteiger partial charge in [-0.1, -0.05) is 30.3 Å². The summed E-state index contributed by atoms with van der Waals surface area (Å²) in [5.74, 6) is -1.82. The van der Waals surface area contributed by atoms with E-state index in [0.29, 0.717) is 31.4 Å². The van der Waals surface area contributed by atoms with Gasteiger partial charge in [0.1, 0.15) is 17.7 Å². The second-order valence-corrected chi connectivity index (χ2v) is 11.9. The monoisotopic (exact) mass is 526 g/mol. The Labute approximate surface area is 206 Å². The van der Waals surface area contributed by atoms with Gasteiger partial charge in [0.25, 0.3) is 15.9 Å². The number of alkyl halides is 2. The van der Waals surface area contributed by atoms with E-state index in [4.69, 9.17) is 4.74 Å². The summed E-state index contributed by atoms with van der Waals surface area (Å²) in [5, 5.41) is -4.06. The average molecular weight is 527 g/mol. The summed E-state index contributed by atoms with van der Waals surface area (Å²) in [4.78, 5) is 14.6. The fourth-order valence-electron chi connectivity index (χ4n) is 5.18. The minimum absolute atomic E-state index is 0.0159. The van der Waals surface area contributed by atoms with Gasteiger partial charge in [-0.05, 0) is 42.5 Å². The highest BCUT2D eigenvalue weighted by Gasteiger charge is 2.63. The molecule has 194 valence electrons. The van der Waals surface area contributed by atoms with E-state index in [9.17, 15) is 26.4 Å². The van der Waals surface area contributed by atoms with E-state index in [2.05, 4.69) is 4.72 Å². The van der Waals surface area contributed by atoms with Gasteiger partial charge in [0.15, 0.2) is 0 Å². The van der Waals surface area contributed by atoms with Crippen molar-refractivity contribution in [2.75, 3.05) is 13.2 Å². The topological polar surface area (TPSA) is 75.7 Å². The van der Waals surface area contributed by atoms with Crippen LogP contribution in [0.3, 0.4) is 0 Å². The molecule has 1 N–H and O–H groups in total. The molecule has 1 spiro atoms. The molecule has 2 heterocycles. The number of carbonyl (C=O) groups is 1. The average Bonchev–Trinajstić information content (AvgIpc) is 3.49. The van der Waals surface area contributed by atoms with Crippen LogP contribution in [0.25, 0.3) is 11.1 Å². The lowest BCUT2D eigenvalue weighted by atomic mass is 9.91. The van der Waals surface area contributed by atoms with Crippen molar-refractivity contribution in [2.24, 2.45) is 5.41 Å². The Morgan fingerprint density at radius 2 is 1.86 bits per heavy atom. The number of benzene rings is 2. The summed E-state index contributed by atoms with van der Waals surface area (Å²) >= 11 is 0. The first-order valence-electron chi connectivity index (χ1n) is 11.8. The number of hydrogen-bond donors (Lipinski definition) is 1. The zero-order valence-corrected chi connectivity index (χ0v) is 20.3. The number of amides is 1. The summed E-state index contributed by atoms with van der Waals surface area (Å²) < 4.78 is 90.5. The van der Waals surface area contributed by atoms with Crippen LogP contribution in [-0.2, 0) is 26.0 Å². The second-order valence-electron chi connectivity index (χ2n) is 9.95. The van der Waals surface area contributed by atoms with Gasteiger partial charge in [0, 0.05) is 30.9 Å². The van der Waals surface area contributed by atoms with E-state index < -0.39 is 56.4 Å². The zero-order valence-electron chi connectivity index (χ0n) is 19.5. The number of carbonyl (C=O) groups excluding carboxylic acids is 1. The first-order valence-corrected chi connectivity index (χ1v) is 13.3. The third kappa shape index (κ3) is 4.41. The van der Waals surface area contributed by atoms with Crippen LogP contribution >= 0.6 is 0 Å². The highest BCUT2D eigenvalue weighted by molar-refractivity contribution is 7.90. The van der Waals surface area contributed by atoms with E-state index in [1.54, 1.807) is 30.3 Å². The summed E-state index contributed by atoms with van der Waals surface area (Å²) in [6.45, 7) is 0.806. The Bertz CT molecular complexity index is 1270. The number of halogens is 4. The van der Waals surface area contributed by atoms with Gasteiger partial charge in [-0.3, -0.25) is 4.79 Å². The van der Waals surface area contributed by atoms with Gasteiger partial charge >= 0.3 is 5.25 Å². The van der Waals surface area contributed by atoms with Crippen LogP contribution in [0, 0.1) is 17.0 Å². The molecule has 0 radical (unpaired) electrons. The molecular weight excluding hydrogens is 500 g/mol. The van der Waals surface area contributed by atoms with Crippen LogP contribution in [0.2, 0.25) is 0 Å². The molecule has 2 aromatic carbocycles. The molecule has 2 unspecified atom stereocenters. The third-order valence-electron chi connectivity index (χ3n) is 7.46. The predicted octanol–water partition coefficient (Wildman–Crippen LogP) is 3.85. The largest absolute Gasteiger partial charge is 0.368 e. The number of ether oxygens (including phenoxy) is 1. The third-order valence-corrected chi connectivity index (χ3v) is 8.97. The molecule has 5 rings (SSSR count). The maximum absolute atomic E-state index is 15.7. The smallest absolute Gasteiger partial charge is 0.356 e. The van der Waals surface area contributed by atoms with Gasteiger partial charge in [-0.2, -0.15) is 8.78 Å². The fraction of sp³-hybridized carbons (Fsp3) is 0.480. The summed E-state index contributed by atoms with van der Waals surface area (Å²) in [6.07, 6.45) is 0.532. The number of rotatable bonds is 7. The van der Waals surface area contributed by atoms with Crippen LogP contribution in [0.4, 0.5) is 17.6 Å². The minimum atomic E-state index is -5.09. The second kappa shape index (κ2) is 8.81. The Balaban J connectivity index is 1.55. The molecule has 3 aliphatic rings. The molecular formula is C25H26F4N2O4S. The van der Waals surface area contributed by atoms with E-state index in [1.807, 2.05) is 0 Å². The molecule has 1 aliphatic carbocycles. The van der Waals surface area contributed by atoms with Gasteiger partial charge in [-0.15, -0.1) is 0 Å². The van der Waals surface area contributed by atoms with Gasteiger partial charge < -0.3 is 9.64 Å². The lowest BCUT2D eigenvalue weighted by Crippen LogP contribution is -2.54. The zero-order chi connectivity index (χ0) is 25.9. The van der Waals surface area contributed by atoms with Crippen molar-refractivity contribution in [1.82, 2.24) is 9.62 Å². The maximum Gasteiger partial charge on any atom is 0.356 e. The normalized spacial score (nSPS) is 25.1. The van der Waals surface area contributed by atoms with Crippen molar-refractivity contribution >= 4 is 15.9 Å². The molecule has 2 saturated heterocycles. The molecule has 36 heavy (non-hydrogen) atoms. The predicted molar refractivity (Wildman–Crippen MR) is 123 cm³/mol. The Morgan fingerprint density at radius 1 is 1.19 bits per heavy atom. The molecule has 3 fully saturated rings.